The van der Waals surface area contributed by atoms with Crippen LogP contribution in [0.1, 0.15) is 13.3 Å². The summed E-state index contributed by atoms with van der Waals surface area (Å²) in [7, 11) is 2.17. The molecule has 0 unspecified atom stereocenters. The summed E-state index contributed by atoms with van der Waals surface area (Å²) < 4.78 is 2.42. The smallest absolute Gasteiger partial charge is 0.220 e. The molecule has 3 aromatic carbocycles. The van der Waals surface area contributed by atoms with Crippen molar-refractivity contribution >= 4 is 33.1 Å². The molecule has 0 aliphatic rings. The first-order valence-electron chi connectivity index (χ1n) is 10.3. The van der Waals surface area contributed by atoms with Crippen LogP contribution in [0.15, 0.2) is 66.7 Å². The molecule has 0 amide bonds. The Hall–Kier alpha value is -3.11. The van der Waals surface area contributed by atoms with Crippen molar-refractivity contribution in [2.24, 2.45) is 0 Å². The van der Waals surface area contributed by atoms with Crippen molar-refractivity contribution in [3.05, 3.63) is 66.7 Å². The molecule has 4 rings (SSSR count). The Morgan fingerprint density at radius 3 is 2.24 bits per heavy atom. The number of rotatable bonds is 6. The molecule has 0 saturated carbocycles. The first-order valence-corrected chi connectivity index (χ1v) is 10.3. The molecule has 0 radical (unpaired) electrons. The third-order valence-corrected chi connectivity index (χ3v) is 5.68. The Morgan fingerprint density at radius 1 is 0.828 bits per heavy atom. The van der Waals surface area contributed by atoms with Gasteiger partial charge in [0.05, 0.1) is 10.8 Å². The molecular weight excluding hydrogens is 356 g/mol. The standard InChI is InChI=1S/C25H28N4/c1-3-28(2)14-7-15-29-24-17-20(27)11-13-22(24)21-12-10-19(26)16-23(21)25(29)18-8-5-4-6-9-18/h4-6,8-13,16-17,27H,3,7,14-15,26H2,1-2H3/p+1. The van der Waals surface area contributed by atoms with Crippen LogP contribution in [0.4, 0.5) is 11.4 Å². The minimum Gasteiger partial charge on any atom is -0.399 e. The predicted molar refractivity (Wildman–Crippen MR) is 124 cm³/mol. The van der Waals surface area contributed by atoms with Gasteiger partial charge in [-0.15, -0.1) is 0 Å². The maximum Gasteiger partial charge on any atom is 0.220 e. The number of nitrogen functional groups attached to an aromatic ring is 2. The molecule has 148 valence electrons. The minimum atomic E-state index is 0.779. The summed E-state index contributed by atoms with van der Waals surface area (Å²) in [6.07, 6.45) is 1.06. The summed E-state index contributed by atoms with van der Waals surface area (Å²) >= 11 is 0. The van der Waals surface area contributed by atoms with Crippen molar-refractivity contribution in [1.29, 1.82) is 0 Å². The second kappa shape index (κ2) is 8.10. The molecular formula is C25H29N4+. The lowest BCUT2D eigenvalue weighted by molar-refractivity contribution is -0.659. The van der Waals surface area contributed by atoms with E-state index in [1.165, 1.54) is 32.9 Å². The highest BCUT2D eigenvalue weighted by Gasteiger charge is 2.23. The average molecular weight is 386 g/mol. The topological polar surface area (TPSA) is 59.2 Å². The Bertz CT molecular complexity index is 1150. The predicted octanol–water partition coefficient (Wildman–Crippen LogP) is 4.45. The molecule has 4 aromatic rings. The van der Waals surface area contributed by atoms with Gasteiger partial charge in [0.1, 0.15) is 0 Å². The Morgan fingerprint density at radius 2 is 1.52 bits per heavy atom. The van der Waals surface area contributed by atoms with Crippen LogP contribution in [0.25, 0.3) is 32.9 Å². The maximum atomic E-state index is 6.21. The summed E-state index contributed by atoms with van der Waals surface area (Å²) in [5.41, 5.74) is 17.5. The molecule has 1 heterocycles. The molecule has 4 N–H and O–H groups in total. The molecule has 0 aliphatic carbocycles. The highest BCUT2D eigenvalue weighted by Crippen LogP contribution is 2.33. The monoisotopic (exact) mass is 385 g/mol. The minimum absolute atomic E-state index is 0.779. The number of hydrogen-bond acceptors (Lipinski definition) is 3. The van der Waals surface area contributed by atoms with Crippen LogP contribution in [0, 0.1) is 0 Å². The maximum absolute atomic E-state index is 6.21. The van der Waals surface area contributed by atoms with E-state index < -0.39 is 0 Å². The number of fused-ring (bicyclic) bond motifs is 3. The third-order valence-electron chi connectivity index (χ3n) is 5.68. The summed E-state index contributed by atoms with van der Waals surface area (Å²) in [5, 5.41) is 3.59. The quantitative estimate of drug-likeness (QED) is 0.293. The van der Waals surface area contributed by atoms with E-state index in [-0.39, 0.29) is 0 Å². The zero-order valence-corrected chi connectivity index (χ0v) is 17.2. The summed E-state index contributed by atoms with van der Waals surface area (Å²) in [5.74, 6) is 0. The van der Waals surface area contributed by atoms with E-state index in [9.17, 15) is 0 Å². The lowest BCUT2D eigenvalue weighted by Crippen LogP contribution is -2.39. The van der Waals surface area contributed by atoms with Crippen molar-refractivity contribution in [3.63, 3.8) is 0 Å². The van der Waals surface area contributed by atoms with Gasteiger partial charge in [0.25, 0.3) is 0 Å². The van der Waals surface area contributed by atoms with Gasteiger partial charge in [-0.3, -0.25) is 0 Å². The van der Waals surface area contributed by atoms with Gasteiger partial charge in [-0.1, -0.05) is 31.2 Å². The van der Waals surface area contributed by atoms with Crippen molar-refractivity contribution in [3.8, 4) is 11.3 Å². The summed E-state index contributed by atoms with van der Waals surface area (Å²) in [6.45, 7) is 5.21. The Balaban J connectivity index is 2.03. The van der Waals surface area contributed by atoms with E-state index in [4.69, 9.17) is 11.5 Å². The molecule has 4 nitrogen and oxygen atoms in total. The van der Waals surface area contributed by atoms with Gasteiger partial charge in [-0.2, -0.15) is 4.57 Å². The van der Waals surface area contributed by atoms with E-state index in [0.717, 1.165) is 37.4 Å². The highest BCUT2D eigenvalue weighted by molar-refractivity contribution is 6.10. The molecule has 1 aromatic heterocycles. The molecule has 0 saturated heterocycles. The molecule has 0 aliphatic heterocycles. The fraction of sp³-hybridized carbons (Fsp3) is 0.240. The van der Waals surface area contributed by atoms with Gasteiger partial charge < -0.3 is 16.4 Å². The van der Waals surface area contributed by atoms with Crippen LogP contribution in [-0.4, -0.2) is 25.0 Å². The van der Waals surface area contributed by atoms with Crippen molar-refractivity contribution < 1.29 is 4.57 Å². The molecule has 0 fully saturated rings. The Labute approximate surface area is 172 Å². The molecule has 0 spiro atoms. The van der Waals surface area contributed by atoms with Crippen molar-refractivity contribution in [2.75, 3.05) is 31.6 Å². The first kappa shape index (κ1) is 19.2. The van der Waals surface area contributed by atoms with Gasteiger partial charge in [-0.05, 0) is 50.0 Å². The van der Waals surface area contributed by atoms with E-state index in [1.807, 2.05) is 12.1 Å². The van der Waals surface area contributed by atoms with E-state index in [2.05, 4.69) is 78.0 Å². The fourth-order valence-electron chi connectivity index (χ4n) is 4.05. The van der Waals surface area contributed by atoms with Gasteiger partial charge >= 0.3 is 0 Å². The zero-order chi connectivity index (χ0) is 20.4. The van der Waals surface area contributed by atoms with Crippen molar-refractivity contribution in [2.45, 2.75) is 19.9 Å². The first-order chi connectivity index (χ1) is 14.1. The van der Waals surface area contributed by atoms with Crippen LogP contribution in [0.2, 0.25) is 0 Å². The van der Waals surface area contributed by atoms with Crippen LogP contribution in [0.5, 0.6) is 0 Å². The van der Waals surface area contributed by atoms with Gasteiger partial charge in [0.2, 0.25) is 11.2 Å². The number of hydrogen-bond donors (Lipinski definition) is 2. The molecule has 0 bridgehead atoms. The third kappa shape index (κ3) is 3.76. The number of aryl methyl sites for hydroxylation is 1. The number of nitrogens with two attached hydrogens (primary N) is 2. The SMILES string of the molecule is CCN(C)CCC[n+]1c(-c2ccccc2)c2cc(N)ccc2c2ccc(N)cc21. The number of aromatic nitrogens is 1. The van der Waals surface area contributed by atoms with Crippen LogP contribution < -0.4 is 16.0 Å². The molecule has 29 heavy (non-hydrogen) atoms. The lowest BCUT2D eigenvalue weighted by Gasteiger charge is -2.15. The number of anilines is 2. The summed E-state index contributed by atoms with van der Waals surface area (Å²) in [6, 6.07) is 23.0. The van der Waals surface area contributed by atoms with Gasteiger partial charge in [0.15, 0.2) is 6.54 Å². The second-order valence-electron chi connectivity index (χ2n) is 7.70. The zero-order valence-electron chi connectivity index (χ0n) is 17.2. The van der Waals surface area contributed by atoms with E-state index in [0.29, 0.717) is 0 Å². The van der Waals surface area contributed by atoms with Crippen LogP contribution >= 0.6 is 0 Å². The van der Waals surface area contributed by atoms with Gasteiger partial charge in [-0.25, -0.2) is 0 Å². The molecule has 4 heteroatoms. The van der Waals surface area contributed by atoms with Crippen molar-refractivity contribution in [1.82, 2.24) is 4.90 Å². The van der Waals surface area contributed by atoms with E-state index in [1.54, 1.807) is 0 Å². The summed E-state index contributed by atoms with van der Waals surface area (Å²) in [4.78, 5) is 2.35. The number of pyridine rings is 1. The molecule has 0 atom stereocenters. The highest BCUT2D eigenvalue weighted by atomic mass is 15.1. The normalized spacial score (nSPS) is 11.6. The second-order valence-corrected chi connectivity index (χ2v) is 7.70. The lowest BCUT2D eigenvalue weighted by atomic mass is 9.98. The van der Waals surface area contributed by atoms with E-state index >= 15 is 0 Å². The van der Waals surface area contributed by atoms with Gasteiger partial charge in [0, 0.05) is 41.4 Å². The van der Waals surface area contributed by atoms with Crippen LogP contribution in [-0.2, 0) is 6.54 Å². The largest absolute Gasteiger partial charge is 0.399 e. The van der Waals surface area contributed by atoms with Crippen LogP contribution in [0.3, 0.4) is 0 Å². The number of benzene rings is 3. The fourth-order valence-corrected chi connectivity index (χ4v) is 4.05. The average Bonchev–Trinajstić information content (AvgIpc) is 2.74. The Kier molecular flexibility index (Phi) is 5.36. The number of nitrogens with zero attached hydrogens (tertiary/aromatic N) is 2.